The van der Waals surface area contributed by atoms with Gasteiger partial charge in [-0.05, 0) is 18.9 Å². The zero-order valence-corrected chi connectivity index (χ0v) is 14.7. The predicted octanol–water partition coefficient (Wildman–Crippen LogP) is 3.39. The van der Waals surface area contributed by atoms with E-state index in [-0.39, 0.29) is 11.3 Å². The molecule has 0 bridgehead atoms. The zero-order chi connectivity index (χ0) is 16.4. The quantitative estimate of drug-likeness (QED) is 0.850. The van der Waals surface area contributed by atoms with Gasteiger partial charge in [0.15, 0.2) is 0 Å². The molecule has 0 saturated carbocycles. The lowest BCUT2D eigenvalue weighted by atomic mass is 9.81. The summed E-state index contributed by atoms with van der Waals surface area (Å²) in [6.45, 7) is 3.61. The second-order valence-electron chi connectivity index (χ2n) is 5.91. The van der Waals surface area contributed by atoms with Gasteiger partial charge in [-0.3, -0.25) is 4.79 Å². The van der Waals surface area contributed by atoms with Crippen molar-refractivity contribution in [1.82, 2.24) is 14.9 Å². The van der Waals surface area contributed by atoms with Crippen molar-refractivity contribution in [3.8, 4) is 5.88 Å². The van der Waals surface area contributed by atoms with Gasteiger partial charge in [-0.1, -0.05) is 18.5 Å². The van der Waals surface area contributed by atoms with E-state index in [9.17, 15) is 4.79 Å². The van der Waals surface area contributed by atoms with E-state index in [1.807, 2.05) is 4.90 Å². The summed E-state index contributed by atoms with van der Waals surface area (Å²) in [6.07, 6.45) is 5.03. The minimum Gasteiger partial charge on any atom is -0.481 e. The molecule has 0 radical (unpaired) electrons. The number of thiazole rings is 1. The molecule has 1 amide bonds. The first-order valence-electron chi connectivity index (χ1n) is 7.43. The molecule has 1 saturated heterocycles. The Hall–Kier alpha value is -1.66. The first kappa shape index (κ1) is 16.2. The molecule has 0 atom stereocenters. The smallest absolute Gasteiger partial charge is 0.255 e. The van der Waals surface area contributed by atoms with Crippen LogP contribution in [-0.4, -0.2) is 41.0 Å². The lowest BCUT2D eigenvalue weighted by Gasteiger charge is -2.38. The first-order valence-corrected chi connectivity index (χ1v) is 8.62. The molecule has 23 heavy (non-hydrogen) atoms. The summed E-state index contributed by atoms with van der Waals surface area (Å²) in [5, 5.41) is 1.06. The number of piperidine rings is 1. The van der Waals surface area contributed by atoms with Gasteiger partial charge in [0.2, 0.25) is 5.88 Å². The number of amides is 1. The van der Waals surface area contributed by atoms with Crippen LogP contribution in [0, 0.1) is 0 Å². The maximum atomic E-state index is 12.6. The minimum absolute atomic E-state index is 0.00720. The lowest BCUT2D eigenvalue weighted by Crippen LogP contribution is -2.43. The van der Waals surface area contributed by atoms with Crippen molar-refractivity contribution in [1.29, 1.82) is 0 Å². The highest BCUT2D eigenvalue weighted by Gasteiger charge is 2.35. The van der Waals surface area contributed by atoms with Gasteiger partial charge in [-0.25, -0.2) is 9.97 Å². The Labute approximate surface area is 144 Å². The standard InChI is InChI=1S/C16H18ClN3O2S/c1-16(15-19-10-12(17)23-15)5-7-20(8-6-16)14(21)11-3-4-13(22-2)18-9-11/h3-4,9-10H,5-8H2,1-2H3. The van der Waals surface area contributed by atoms with Crippen molar-refractivity contribution in [2.75, 3.05) is 20.2 Å². The van der Waals surface area contributed by atoms with Crippen LogP contribution >= 0.6 is 22.9 Å². The number of pyridine rings is 1. The largest absolute Gasteiger partial charge is 0.481 e. The number of aromatic nitrogens is 2. The van der Waals surface area contributed by atoms with Crippen molar-refractivity contribution in [2.24, 2.45) is 0 Å². The maximum absolute atomic E-state index is 12.6. The summed E-state index contributed by atoms with van der Waals surface area (Å²) in [5.74, 6) is 0.521. The fourth-order valence-electron chi connectivity index (χ4n) is 2.76. The number of rotatable bonds is 3. The van der Waals surface area contributed by atoms with Crippen molar-refractivity contribution in [3.05, 3.63) is 39.4 Å². The summed E-state index contributed by atoms with van der Waals surface area (Å²) in [5.41, 5.74) is 0.582. The molecule has 5 nitrogen and oxygen atoms in total. The fourth-order valence-corrected chi connectivity index (χ4v) is 3.87. The third-order valence-corrected chi connectivity index (χ3v) is 5.76. The predicted molar refractivity (Wildman–Crippen MR) is 90.4 cm³/mol. The summed E-state index contributed by atoms with van der Waals surface area (Å²) >= 11 is 7.53. The van der Waals surface area contributed by atoms with Crippen LogP contribution in [0.2, 0.25) is 4.34 Å². The molecular formula is C16H18ClN3O2S. The van der Waals surface area contributed by atoms with Crippen LogP contribution in [0.4, 0.5) is 0 Å². The summed E-state index contributed by atoms with van der Waals surface area (Å²) in [7, 11) is 1.56. The third-order valence-electron chi connectivity index (χ3n) is 4.34. The van der Waals surface area contributed by atoms with Crippen LogP contribution in [0.5, 0.6) is 5.88 Å². The van der Waals surface area contributed by atoms with E-state index in [2.05, 4.69) is 16.9 Å². The topological polar surface area (TPSA) is 55.3 Å². The normalized spacial score (nSPS) is 17.1. The number of carbonyl (C=O) groups excluding carboxylic acids is 1. The zero-order valence-electron chi connectivity index (χ0n) is 13.1. The Balaban J connectivity index is 1.67. The van der Waals surface area contributed by atoms with Crippen LogP contribution < -0.4 is 4.74 Å². The molecule has 3 rings (SSSR count). The maximum Gasteiger partial charge on any atom is 0.255 e. The molecule has 0 aromatic carbocycles. The van der Waals surface area contributed by atoms with E-state index >= 15 is 0 Å². The molecular weight excluding hydrogens is 334 g/mol. The average molecular weight is 352 g/mol. The van der Waals surface area contributed by atoms with Gasteiger partial charge in [-0.2, -0.15) is 0 Å². The Morgan fingerprint density at radius 3 is 2.57 bits per heavy atom. The second kappa shape index (κ2) is 6.45. The molecule has 0 aliphatic carbocycles. The van der Waals surface area contributed by atoms with E-state index in [1.54, 1.807) is 31.6 Å². The second-order valence-corrected chi connectivity index (χ2v) is 7.57. The van der Waals surface area contributed by atoms with Gasteiger partial charge < -0.3 is 9.64 Å². The number of carbonyl (C=O) groups is 1. The van der Waals surface area contributed by atoms with Crippen LogP contribution in [0.3, 0.4) is 0 Å². The number of likely N-dealkylation sites (tertiary alicyclic amines) is 1. The molecule has 3 heterocycles. The van der Waals surface area contributed by atoms with Gasteiger partial charge in [0.25, 0.3) is 5.91 Å². The SMILES string of the molecule is COc1ccc(C(=O)N2CCC(C)(c3ncc(Cl)s3)CC2)cn1. The molecule has 0 N–H and O–H groups in total. The van der Waals surface area contributed by atoms with Gasteiger partial charge >= 0.3 is 0 Å². The molecule has 2 aromatic rings. The first-order chi connectivity index (χ1) is 11.0. The van der Waals surface area contributed by atoms with Gasteiger partial charge in [0.1, 0.15) is 9.34 Å². The van der Waals surface area contributed by atoms with Gasteiger partial charge in [0.05, 0.1) is 18.9 Å². The van der Waals surface area contributed by atoms with E-state index in [4.69, 9.17) is 16.3 Å². The van der Waals surface area contributed by atoms with Crippen LogP contribution in [0.1, 0.15) is 35.1 Å². The summed E-state index contributed by atoms with van der Waals surface area (Å²) < 4.78 is 5.73. The highest BCUT2D eigenvalue weighted by Crippen LogP contribution is 2.38. The van der Waals surface area contributed by atoms with Crippen molar-refractivity contribution < 1.29 is 9.53 Å². The third kappa shape index (κ3) is 3.33. The van der Waals surface area contributed by atoms with Gasteiger partial charge in [0, 0.05) is 30.8 Å². The molecule has 2 aromatic heterocycles. The van der Waals surface area contributed by atoms with E-state index < -0.39 is 0 Å². The van der Waals surface area contributed by atoms with Crippen LogP contribution in [0.25, 0.3) is 0 Å². The molecule has 1 aliphatic heterocycles. The number of ether oxygens (including phenoxy) is 1. The van der Waals surface area contributed by atoms with Crippen molar-refractivity contribution in [2.45, 2.75) is 25.2 Å². The van der Waals surface area contributed by atoms with Gasteiger partial charge in [-0.15, -0.1) is 11.3 Å². The fraction of sp³-hybridized carbons (Fsp3) is 0.438. The van der Waals surface area contributed by atoms with Crippen molar-refractivity contribution >= 4 is 28.8 Å². The Morgan fingerprint density at radius 1 is 1.30 bits per heavy atom. The molecule has 1 fully saturated rings. The number of halogens is 1. The minimum atomic E-state index is -0.00720. The number of nitrogens with zero attached hydrogens (tertiary/aromatic N) is 3. The number of hydrogen-bond donors (Lipinski definition) is 0. The highest BCUT2D eigenvalue weighted by molar-refractivity contribution is 7.15. The van der Waals surface area contributed by atoms with E-state index in [1.165, 1.54) is 11.3 Å². The molecule has 122 valence electrons. The van der Waals surface area contributed by atoms with Crippen molar-refractivity contribution in [3.63, 3.8) is 0 Å². The highest BCUT2D eigenvalue weighted by atomic mass is 35.5. The van der Waals surface area contributed by atoms with Crippen LogP contribution in [-0.2, 0) is 5.41 Å². The molecule has 7 heteroatoms. The number of methoxy groups -OCH3 is 1. The van der Waals surface area contributed by atoms with E-state index in [0.29, 0.717) is 28.9 Å². The molecule has 0 spiro atoms. The lowest BCUT2D eigenvalue weighted by molar-refractivity contribution is 0.0675. The molecule has 0 unspecified atom stereocenters. The Bertz CT molecular complexity index is 694. The number of hydrogen-bond acceptors (Lipinski definition) is 5. The van der Waals surface area contributed by atoms with Crippen LogP contribution in [0.15, 0.2) is 24.5 Å². The Kier molecular flexibility index (Phi) is 4.55. The monoisotopic (exact) mass is 351 g/mol. The summed E-state index contributed by atoms with van der Waals surface area (Å²) in [4.78, 5) is 23.0. The summed E-state index contributed by atoms with van der Waals surface area (Å²) in [6, 6.07) is 3.46. The Morgan fingerprint density at radius 2 is 2.04 bits per heavy atom. The average Bonchev–Trinajstić information content (AvgIpc) is 3.02. The van der Waals surface area contributed by atoms with E-state index in [0.717, 1.165) is 17.8 Å². The molecule has 1 aliphatic rings.